The Hall–Kier alpha value is -4.50. The molecular formula is C33H33N3O5S. The molecule has 8 nitrogen and oxygen atoms in total. The molecule has 2 N–H and O–H groups in total. The Morgan fingerprint density at radius 2 is 1.50 bits per heavy atom. The Bertz CT molecular complexity index is 1420. The fourth-order valence-corrected chi connectivity index (χ4v) is 5.73. The fourth-order valence-electron chi connectivity index (χ4n) is 4.98. The molecule has 1 fully saturated rings. The Kier molecular flexibility index (Phi) is 8.97. The number of benzene rings is 3. The molecule has 0 unspecified atom stereocenters. The summed E-state index contributed by atoms with van der Waals surface area (Å²) in [7, 11) is 0. The van der Waals surface area contributed by atoms with Crippen molar-refractivity contribution in [1.82, 2.24) is 4.98 Å². The number of carbonyl (C=O) groups excluding carboxylic acids is 1. The van der Waals surface area contributed by atoms with Crippen molar-refractivity contribution in [3.8, 4) is 0 Å². The van der Waals surface area contributed by atoms with Crippen LogP contribution in [0.5, 0.6) is 0 Å². The number of carboxylic acid groups (broad SMARTS) is 1. The number of ether oxygens (including phenoxy) is 1. The number of nitrogens with one attached hydrogen (secondary N) is 1. The van der Waals surface area contributed by atoms with E-state index in [4.69, 9.17) is 9.57 Å². The summed E-state index contributed by atoms with van der Waals surface area (Å²) >= 11 is 1.27. The first kappa shape index (κ1) is 29.0. The summed E-state index contributed by atoms with van der Waals surface area (Å²) in [5.74, 6) is -1.81. The molecule has 9 heteroatoms. The zero-order valence-corrected chi connectivity index (χ0v) is 24.2. The third-order valence-corrected chi connectivity index (χ3v) is 8.20. The van der Waals surface area contributed by atoms with E-state index in [1.165, 1.54) is 11.3 Å². The highest BCUT2D eigenvalue weighted by Crippen LogP contribution is 2.41. The van der Waals surface area contributed by atoms with Crippen LogP contribution in [0.4, 0.5) is 5.13 Å². The van der Waals surface area contributed by atoms with E-state index >= 15 is 0 Å². The van der Waals surface area contributed by atoms with Crippen LogP contribution in [0.1, 0.15) is 61.4 Å². The highest BCUT2D eigenvalue weighted by Gasteiger charge is 2.49. The maximum absolute atomic E-state index is 12.7. The Morgan fingerprint density at radius 3 is 1.95 bits per heavy atom. The molecule has 1 aliphatic rings. The molecule has 0 aliphatic heterocycles. The molecule has 4 aromatic rings. The normalized spacial score (nSPS) is 14.5. The number of aliphatic carboxylic acids is 1. The molecule has 0 atom stereocenters. The topological polar surface area (TPSA) is 110 Å². The van der Waals surface area contributed by atoms with Gasteiger partial charge in [0.05, 0.1) is 6.61 Å². The van der Waals surface area contributed by atoms with Crippen molar-refractivity contribution in [2.45, 2.75) is 50.2 Å². The molecule has 0 amide bonds. The Morgan fingerprint density at radius 1 is 0.952 bits per heavy atom. The largest absolute Gasteiger partial charge is 0.476 e. The highest BCUT2D eigenvalue weighted by atomic mass is 32.1. The molecule has 5 rings (SSSR count). The van der Waals surface area contributed by atoms with E-state index in [1.54, 1.807) is 5.38 Å². The van der Waals surface area contributed by atoms with Crippen molar-refractivity contribution in [2.24, 2.45) is 5.16 Å². The van der Waals surface area contributed by atoms with Gasteiger partial charge in [0.25, 0.3) is 0 Å². The number of rotatable bonds is 13. The van der Waals surface area contributed by atoms with Gasteiger partial charge in [-0.1, -0.05) is 109 Å². The van der Waals surface area contributed by atoms with Crippen molar-refractivity contribution in [3.05, 3.63) is 119 Å². The standard InChI is InChI=1S/C33H33N3O5S/c1-2-3-22-40-30(39)32(20-13-21-32)41-36-28(29(37)38)27-23-42-31(34-27)35-33(24-14-7-4-8-15-24,25-16-9-5-10-17-25)26-18-11-6-12-19-26/h4-12,14-19,23H,2-3,13,20-22H2,1H3,(H,34,35)(H,37,38). The number of carboxylic acids is 1. The number of anilines is 1. The van der Waals surface area contributed by atoms with Gasteiger partial charge in [0, 0.05) is 18.2 Å². The monoisotopic (exact) mass is 583 g/mol. The van der Waals surface area contributed by atoms with E-state index in [0.29, 0.717) is 24.6 Å². The summed E-state index contributed by atoms with van der Waals surface area (Å²) < 4.78 is 5.37. The van der Waals surface area contributed by atoms with Crippen LogP contribution in [0.3, 0.4) is 0 Å². The van der Waals surface area contributed by atoms with Crippen molar-refractivity contribution in [3.63, 3.8) is 0 Å². The molecule has 1 heterocycles. The zero-order chi connectivity index (χ0) is 29.4. The quantitative estimate of drug-likeness (QED) is 0.0598. The molecular weight excluding hydrogens is 550 g/mol. The van der Waals surface area contributed by atoms with E-state index in [9.17, 15) is 14.7 Å². The van der Waals surface area contributed by atoms with E-state index in [2.05, 4.69) is 51.9 Å². The minimum absolute atomic E-state index is 0.131. The zero-order valence-electron chi connectivity index (χ0n) is 23.4. The molecule has 0 spiro atoms. The second kappa shape index (κ2) is 13.0. The minimum atomic E-state index is -1.30. The van der Waals surface area contributed by atoms with Gasteiger partial charge < -0.3 is 20.0 Å². The molecule has 42 heavy (non-hydrogen) atoms. The average molecular weight is 584 g/mol. The Labute approximate surface area is 249 Å². The average Bonchev–Trinajstić information content (AvgIpc) is 3.46. The lowest BCUT2D eigenvalue weighted by molar-refractivity contribution is -0.185. The van der Waals surface area contributed by atoms with Crippen LogP contribution in [0, 0.1) is 0 Å². The molecule has 1 saturated carbocycles. The number of esters is 1. The van der Waals surface area contributed by atoms with Crippen LogP contribution >= 0.6 is 11.3 Å². The second-order valence-electron chi connectivity index (χ2n) is 10.2. The molecule has 1 aromatic heterocycles. The first-order chi connectivity index (χ1) is 20.5. The molecule has 3 aromatic carbocycles. The van der Waals surface area contributed by atoms with Crippen LogP contribution < -0.4 is 5.32 Å². The van der Waals surface area contributed by atoms with Gasteiger partial charge in [-0.25, -0.2) is 14.6 Å². The Balaban J connectivity index is 1.49. The number of unbranched alkanes of at least 4 members (excludes halogenated alkanes) is 1. The molecule has 1 aliphatic carbocycles. The number of thiazole rings is 1. The summed E-state index contributed by atoms with van der Waals surface area (Å²) in [6.45, 7) is 2.30. The van der Waals surface area contributed by atoms with Gasteiger partial charge in [0.1, 0.15) is 11.2 Å². The number of oxime groups is 1. The lowest BCUT2D eigenvalue weighted by Crippen LogP contribution is -2.48. The van der Waals surface area contributed by atoms with E-state index in [0.717, 1.165) is 36.0 Å². The van der Waals surface area contributed by atoms with E-state index in [1.807, 2.05) is 61.5 Å². The molecule has 0 saturated heterocycles. The van der Waals surface area contributed by atoms with Crippen molar-refractivity contribution in [2.75, 3.05) is 11.9 Å². The maximum Gasteiger partial charge on any atom is 0.360 e. The third kappa shape index (κ3) is 5.92. The molecule has 0 bridgehead atoms. The van der Waals surface area contributed by atoms with Gasteiger partial charge in [0.15, 0.2) is 5.13 Å². The number of aromatic nitrogens is 1. The summed E-state index contributed by atoms with van der Waals surface area (Å²) in [6, 6.07) is 30.1. The summed E-state index contributed by atoms with van der Waals surface area (Å²) in [5.41, 5.74) is 0.640. The van der Waals surface area contributed by atoms with E-state index < -0.39 is 23.1 Å². The van der Waals surface area contributed by atoms with Crippen molar-refractivity contribution >= 4 is 34.1 Å². The smallest absolute Gasteiger partial charge is 0.360 e. The fraction of sp³-hybridized carbons (Fsp3) is 0.273. The minimum Gasteiger partial charge on any atom is -0.476 e. The van der Waals surface area contributed by atoms with Gasteiger partial charge in [0.2, 0.25) is 11.3 Å². The van der Waals surface area contributed by atoms with Crippen LogP contribution in [0.2, 0.25) is 0 Å². The predicted octanol–water partition coefficient (Wildman–Crippen LogP) is 6.62. The van der Waals surface area contributed by atoms with Gasteiger partial charge in [-0.05, 0) is 29.5 Å². The first-order valence-electron chi connectivity index (χ1n) is 14.1. The number of carbonyl (C=O) groups is 2. The summed E-state index contributed by atoms with van der Waals surface area (Å²) in [6.07, 6.45) is 3.25. The lowest BCUT2D eigenvalue weighted by Gasteiger charge is -2.36. The highest BCUT2D eigenvalue weighted by molar-refractivity contribution is 7.14. The molecule has 0 radical (unpaired) electrons. The van der Waals surface area contributed by atoms with Crippen LogP contribution in [0.15, 0.2) is 102 Å². The predicted molar refractivity (Wildman–Crippen MR) is 163 cm³/mol. The first-order valence-corrected chi connectivity index (χ1v) is 14.9. The van der Waals surface area contributed by atoms with Gasteiger partial charge in [-0.15, -0.1) is 11.3 Å². The van der Waals surface area contributed by atoms with Crippen LogP contribution in [-0.4, -0.2) is 39.9 Å². The summed E-state index contributed by atoms with van der Waals surface area (Å²) in [5, 5.41) is 19.7. The number of nitrogens with zero attached hydrogens (tertiary/aromatic N) is 2. The van der Waals surface area contributed by atoms with Gasteiger partial charge in [-0.2, -0.15) is 0 Å². The van der Waals surface area contributed by atoms with Crippen LogP contribution in [0.25, 0.3) is 0 Å². The van der Waals surface area contributed by atoms with Gasteiger partial charge >= 0.3 is 11.9 Å². The van der Waals surface area contributed by atoms with Crippen molar-refractivity contribution < 1.29 is 24.3 Å². The van der Waals surface area contributed by atoms with E-state index in [-0.39, 0.29) is 11.4 Å². The second-order valence-corrected chi connectivity index (χ2v) is 11.0. The summed E-state index contributed by atoms with van der Waals surface area (Å²) in [4.78, 5) is 35.3. The maximum atomic E-state index is 12.7. The number of hydrogen-bond acceptors (Lipinski definition) is 8. The molecule has 216 valence electrons. The van der Waals surface area contributed by atoms with Crippen molar-refractivity contribution in [1.29, 1.82) is 0 Å². The number of hydrogen-bond donors (Lipinski definition) is 2. The SMILES string of the molecule is CCCCOC(=O)C1(ON=C(C(=O)O)c2csc(NC(c3ccccc3)(c3ccccc3)c3ccccc3)n2)CCC1. The lowest BCUT2D eigenvalue weighted by atomic mass is 9.77. The van der Waals surface area contributed by atoms with Crippen LogP contribution in [-0.2, 0) is 24.7 Å². The van der Waals surface area contributed by atoms with Gasteiger partial charge in [-0.3, -0.25) is 0 Å². The third-order valence-electron chi connectivity index (χ3n) is 7.44.